The number of rotatable bonds is 4. The number of nitriles is 1. The number of likely N-dealkylation sites (N-methyl/N-ethyl adjacent to an activating group) is 2. The molecule has 0 saturated carbocycles. The van der Waals surface area contributed by atoms with Crippen LogP contribution in [0.4, 0.5) is 5.69 Å². The summed E-state index contributed by atoms with van der Waals surface area (Å²) in [6.07, 6.45) is 0. The van der Waals surface area contributed by atoms with Gasteiger partial charge in [0.25, 0.3) is 0 Å². The van der Waals surface area contributed by atoms with E-state index in [1.807, 2.05) is 11.8 Å². The molecular formula is C13H16ClN3O. The van der Waals surface area contributed by atoms with E-state index >= 15 is 0 Å². The van der Waals surface area contributed by atoms with Gasteiger partial charge in [0.05, 0.1) is 17.8 Å². The molecule has 0 fully saturated rings. The summed E-state index contributed by atoms with van der Waals surface area (Å²) in [5.74, 6) is -0.0132. The summed E-state index contributed by atoms with van der Waals surface area (Å²) in [5, 5.41) is 9.64. The number of hydrogen-bond donors (Lipinski definition) is 0. The van der Waals surface area contributed by atoms with Gasteiger partial charge >= 0.3 is 0 Å². The van der Waals surface area contributed by atoms with Crippen LogP contribution in [-0.4, -0.2) is 38.0 Å². The number of anilines is 1. The fraction of sp³-hybridized carbons (Fsp3) is 0.385. The number of carbonyl (C=O) groups is 1. The van der Waals surface area contributed by atoms with Crippen molar-refractivity contribution in [2.45, 2.75) is 6.92 Å². The molecule has 0 bridgehead atoms. The Hall–Kier alpha value is -1.73. The average molecular weight is 266 g/mol. The minimum atomic E-state index is -0.0132. The minimum Gasteiger partial charge on any atom is -0.361 e. The van der Waals surface area contributed by atoms with Gasteiger partial charge in [0.2, 0.25) is 5.91 Å². The van der Waals surface area contributed by atoms with E-state index in [0.29, 0.717) is 22.8 Å². The highest BCUT2D eigenvalue weighted by molar-refractivity contribution is 6.30. The van der Waals surface area contributed by atoms with Crippen LogP contribution >= 0.6 is 11.6 Å². The predicted molar refractivity (Wildman–Crippen MR) is 72.7 cm³/mol. The summed E-state index contributed by atoms with van der Waals surface area (Å²) < 4.78 is 0. The molecule has 5 heteroatoms. The van der Waals surface area contributed by atoms with E-state index in [9.17, 15) is 4.79 Å². The monoisotopic (exact) mass is 265 g/mol. The molecule has 0 N–H and O–H groups in total. The molecule has 1 amide bonds. The number of halogens is 1. The fourth-order valence-corrected chi connectivity index (χ4v) is 1.70. The number of nitrogens with zero attached hydrogens (tertiary/aromatic N) is 3. The third-order valence-corrected chi connectivity index (χ3v) is 2.86. The molecule has 96 valence electrons. The van der Waals surface area contributed by atoms with Crippen LogP contribution in [0.3, 0.4) is 0 Å². The van der Waals surface area contributed by atoms with Crippen LogP contribution < -0.4 is 4.90 Å². The molecule has 4 nitrogen and oxygen atoms in total. The van der Waals surface area contributed by atoms with E-state index in [4.69, 9.17) is 16.9 Å². The average Bonchev–Trinajstić information content (AvgIpc) is 2.35. The van der Waals surface area contributed by atoms with Crippen molar-refractivity contribution in [3.05, 3.63) is 28.8 Å². The van der Waals surface area contributed by atoms with Crippen LogP contribution in [0.15, 0.2) is 18.2 Å². The van der Waals surface area contributed by atoms with Gasteiger partial charge in [-0.2, -0.15) is 5.26 Å². The maximum Gasteiger partial charge on any atom is 0.241 e. The molecule has 1 rings (SSSR count). The molecule has 0 atom stereocenters. The largest absolute Gasteiger partial charge is 0.361 e. The summed E-state index contributed by atoms with van der Waals surface area (Å²) in [6, 6.07) is 7.17. The van der Waals surface area contributed by atoms with Gasteiger partial charge < -0.3 is 9.80 Å². The topological polar surface area (TPSA) is 47.3 Å². The van der Waals surface area contributed by atoms with Crippen LogP contribution in [0.25, 0.3) is 0 Å². The molecule has 0 aliphatic heterocycles. The van der Waals surface area contributed by atoms with Crippen molar-refractivity contribution in [3.8, 4) is 6.07 Å². The molecule has 0 unspecified atom stereocenters. The first-order chi connectivity index (χ1) is 8.49. The third-order valence-electron chi connectivity index (χ3n) is 2.63. The molecule has 0 aliphatic rings. The van der Waals surface area contributed by atoms with Crippen molar-refractivity contribution in [2.24, 2.45) is 0 Å². The number of carbonyl (C=O) groups excluding carboxylic acids is 1. The lowest BCUT2D eigenvalue weighted by Crippen LogP contribution is -2.36. The molecular weight excluding hydrogens is 250 g/mol. The lowest BCUT2D eigenvalue weighted by Gasteiger charge is -2.25. The molecule has 0 radical (unpaired) electrons. The van der Waals surface area contributed by atoms with Crippen LogP contribution in [0.5, 0.6) is 0 Å². The van der Waals surface area contributed by atoms with E-state index in [1.165, 1.54) is 4.90 Å². The van der Waals surface area contributed by atoms with Crippen molar-refractivity contribution in [3.63, 3.8) is 0 Å². The first-order valence-corrected chi connectivity index (χ1v) is 6.02. The summed E-state index contributed by atoms with van der Waals surface area (Å²) >= 11 is 5.94. The highest BCUT2D eigenvalue weighted by Gasteiger charge is 2.15. The zero-order valence-corrected chi connectivity index (χ0v) is 11.5. The molecule has 0 aromatic heterocycles. The Labute approximate surface area is 112 Å². The molecule has 0 heterocycles. The number of amides is 1. The SMILES string of the molecule is CCN(CC(=O)N(C)C)c1cc(Cl)ccc1C#N. The van der Waals surface area contributed by atoms with Crippen molar-refractivity contribution in [1.29, 1.82) is 5.26 Å². The second-order valence-electron chi connectivity index (χ2n) is 4.08. The van der Waals surface area contributed by atoms with Gasteiger partial charge in [0.1, 0.15) is 6.07 Å². The van der Waals surface area contributed by atoms with Gasteiger partial charge in [-0.1, -0.05) is 11.6 Å². The van der Waals surface area contributed by atoms with E-state index in [0.717, 1.165) is 0 Å². The van der Waals surface area contributed by atoms with Gasteiger partial charge in [-0.05, 0) is 25.1 Å². The van der Waals surface area contributed by atoms with Crippen LogP contribution in [0.1, 0.15) is 12.5 Å². The first kappa shape index (κ1) is 14.3. The first-order valence-electron chi connectivity index (χ1n) is 5.64. The smallest absolute Gasteiger partial charge is 0.241 e. The van der Waals surface area contributed by atoms with Crippen LogP contribution in [0, 0.1) is 11.3 Å². The maximum atomic E-state index is 11.7. The minimum absolute atomic E-state index is 0.0132. The summed E-state index contributed by atoms with van der Waals surface area (Å²) in [7, 11) is 3.42. The van der Waals surface area contributed by atoms with E-state index < -0.39 is 0 Å². The highest BCUT2D eigenvalue weighted by Crippen LogP contribution is 2.24. The molecule has 0 spiro atoms. The van der Waals surface area contributed by atoms with Crippen molar-refractivity contribution >= 4 is 23.2 Å². The van der Waals surface area contributed by atoms with Gasteiger partial charge in [-0.15, -0.1) is 0 Å². The van der Waals surface area contributed by atoms with Crippen molar-refractivity contribution < 1.29 is 4.79 Å². The Morgan fingerprint density at radius 2 is 2.11 bits per heavy atom. The Kier molecular flexibility index (Phi) is 4.99. The van der Waals surface area contributed by atoms with Crippen molar-refractivity contribution in [1.82, 2.24) is 4.90 Å². The number of benzene rings is 1. The Morgan fingerprint density at radius 3 is 2.61 bits per heavy atom. The summed E-state index contributed by atoms with van der Waals surface area (Å²) in [5.41, 5.74) is 1.22. The van der Waals surface area contributed by atoms with Gasteiger partial charge in [-0.25, -0.2) is 0 Å². The Morgan fingerprint density at radius 1 is 1.44 bits per heavy atom. The molecule has 1 aromatic carbocycles. The predicted octanol–water partition coefficient (Wildman–Crippen LogP) is 2.13. The normalized spacial score (nSPS) is 9.72. The second-order valence-corrected chi connectivity index (χ2v) is 4.51. The summed E-state index contributed by atoms with van der Waals surface area (Å²) in [6.45, 7) is 2.80. The van der Waals surface area contributed by atoms with Crippen LogP contribution in [-0.2, 0) is 4.79 Å². The molecule has 0 aliphatic carbocycles. The molecule has 1 aromatic rings. The Bertz CT molecular complexity index is 480. The second kappa shape index (κ2) is 6.27. The van der Waals surface area contributed by atoms with E-state index in [-0.39, 0.29) is 12.5 Å². The van der Waals surface area contributed by atoms with E-state index in [1.54, 1.807) is 32.3 Å². The molecule has 0 saturated heterocycles. The Balaban J connectivity index is 3.05. The van der Waals surface area contributed by atoms with Crippen LogP contribution in [0.2, 0.25) is 5.02 Å². The highest BCUT2D eigenvalue weighted by atomic mass is 35.5. The molecule has 18 heavy (non-hydrogen) atoms. The standard InChI is InChI=1S/C13H16ClN3O/c1-4-17(9-13(18)16(2)3)12-7-11(14)6-5-10(12)8-15/h5-7H,4,9H2,1-3H3. The maximum absolute atomic E-state index is 11.7. The van der Waals surface area contributed by atoms with E-state index in [2.05, 4.69) is 6.07 Å². The van der Waals surface area contributed by atoms with Crippen molar-refractivity contribution in [2.75, 3.05) is 32.1 Å². The number of hydrogen-bond acceptors (Lipinski definition) is 3. The third kappa shape index (κ3) is 3.38. The lowest BCUT2D eigenvalue weighted by atomic mass is 10.1. The van der Waals surface area contributed by atoms with Gasteiger partial charge in [0, 0.05) is 25.7 Å². The summed E-state index contributed by atoms with van der Waals surface area (Å²) in [4.78, 5) is 15.1. The zero-order chi connectivity index (χ0) is 13.7. The lowest BCUT2D eigenvalue weighted by molar-refractivity contribution is -0.127. The van der Waals surface area contributed by atoms with Gasteiger partial charge in [-0.3, -0.25) is 4.79 Å². The quantitative estimate of drug-likeness (QED) is 0.838. The fourth-order valence-electron chi connectivity index (χ4n) is 1.53. The van der Waals surface area contributed by atoms with Gasteiger partial charge in [0.15, 0.2) is 0 Å². The zero-order valence-electron chi connectivity index (χ0n) is 10.8.